The van der Waals surface area contributed by atoms with E-state index in [2.05, 4.69) is 4.98 Å². The molecule has 1 aromatic heterocycles. The Morgan fingerprint density at radius 2 is 2.38 bits per heavy atom. The highest BCUT2D eigenvalue weighted by molar-refractivity contribution is 7.10. The van der Waals surface area contributed by atoms with Crippen molar-refractivity contribution in [2.45, 2.75) is 12.8 Å². The maximum Gasteiger partial charge on any atom is 0.307 e. The summed E-state index contributed by atoms with van der Waals surface area (Å²) in [4.78, 5) is 26.7. The van der Waals surface area contributed by atoms with Crippen molar-refractivity contribution in [3.63, 3.8) is 0 Å². The van der Waals surface area contributed by atoms with Crippen LogP contribution in [0.25, 0.3) is 0 Å². The molecule has 1 atom stereocenters. The van der Waals surface area contributed by atoms with Crippen LogP contribution in [0.1, 0.15) is 21.8 Å². The van der Waals surface area contributed by atoms with Crippen LogP contribution in [-0.2, 0) is 11.2 Å². The summed E-state index contributed by atoms with van der Waals surface area (Å²) in [7, 11) is 0. The van der Waals surface area contributed by atoms with Crippen LogP contribution in [0, 0.1) is 5.92 Å². The first kappa shape index (κ1) is 8.37. The van der Waals surface area contributed by atoms with Gasteiger partial charge in [-0.15, -0.1) is 11.3 Å². The largest absolute Gasteiger partial charge is 0.481 e. The molecule has 0 bridgehead atoms. The van der Waals surface area contributed by atoms with E-state index < -0.39 is 11.9 Å². The lowest BCUT2D eigenvalue weighted by Crippen LogP contribution is -2.25. The fraction of sp³-hybridized carbons (Fsp3) is 0.375. The SMILES string of the molecule is O=C1CC(C(=O)O)Cc2scnc21. The molecule has 2 rings (SSSR count). The van der Waals surface area contributed by atoms with E-state index in [9.17, 15) is 9.59 Å². The number of carboxylic acid groups (broad SMARTS) is 1. The van der Waals surface area contributed by atoms with Gasteiger partial charge in [0, 0.05) is 11.3 Å². The Morgan fingerprint density at radius 1 is 1.62 bits per heavy atom. The molecule has 1 aliphatic carbocycles. The van der Waals surface area contributed by atoms with Crippen molar-refractivity contribution in [2.75, 3.05) is 0 Å². The van der Waals surface area contributed by atoms with Gasteiger partial charge in [-0.1, -0.05) is 0 Å². The molecule has 0 fully saturated rings. The quantitative estimate of drug-likeness (QED) is 0.728. The molecule has 1 N–H and O–H groups in total. The van der Waals surface area contributed by atoms with E-state index in [1.54, 1.807) is 5.51 Å². The Labute approximate surface area is 78.2 Å². The molecule has 1 aromatic rings. The van der Waals surface area contributed by atoms with Crippen molar-refractivity contribution in [3.05, 3.63) is 16.1 Å². The van der Waals surface area contributed by atoms with E-state index in [0.29, 0.717) is 12.1 Å². The van der Waals surface area contributed by atoms with Crippen molar-refractivity contribution in [2.24, 2.45) is 5.92 Å². The summed E-state index contributed by atoms with van der Waals surface area (Å²) >= 11 is 1.35. The molecule has 13 heavy (non-hydrogen) atoms. The number of thiazole rings is 1. The lowest BCUT2D eigenvalue weighted by atomic mass is 9.90. The molecule has 0 saturated heterocycles. The van der Waals surface area contributed by atoms with Gasteiger partial charge in [0.1, 0.15) is 5.69 Å². The second-order valence-corrected chi connectivity index (χ2v) is 3.93. The third-order valence-electron chi connectivity index (χ3n) is 2.12. The molecular weight excluding hydrogens is 190 g/mol. The second kappa shape index (κ2) is 2.92. The Hall–Kier alpha value is -1.23. The number of rotatable bonds is 1. The minimum absolute atomic E-state index is 0.0894. The fourth-order valence-corrected chi connectivity index (χ4v) is 2.29. The predicted molar refractivity (Wildman–Crippen MR) is 45.9 cm³/mol. The van der Waals surface area contributed by atoms with Gasteiger partial charge in [-0.25, -0.2) is 4.98 Å². The van der Waals surface area contributed by atoms with Crippen molar-refractivity contribution >= 4 is 23.1 Å². The number of hydrogen-bond donors (Lipinski definition) is 1. The third-order valence-corrected chi connectivity index (χ3v) is 2.97. The van der Waals surface area contributed by atoms with E-state index in [-0.39, 0.29) is 12.2 Å². The topological polar surface area (TPSA) is 67.3 Å². The minimum atomic E-state index is -0.896. The molecule has 0 aliphatic heterocycles. The first-order valence-corrected chi connectivity index (χ1v) is 4.75. The van der Waals surface area contributed by atoms with Crippen LogP contribution in [0.2, 0.25) is 0 Å². The van der Waals surface area contributed by atoms with E-state index in [1.807, 2.05) is 0 Å². The molecule has 4 nitrogen and oxygen atoms in total. The maximum absolute atomic E-state index is 11.3. The molecule has 0 aromatic carbocycles. The first-order valence-electron chi connectivity index (χ1n) is 3.87. The number of carboxylic acids is 1. The van der Waals surface area contributed by atoms with Gasteiger partial charge in [0.2, 0.25) is 0 Å². The zero-order valence-electron chi connectivity index (χ0n) is 6.69. The summed E-state index contributed by atoms with van der Waals surface area (Å²) in [5.41, 5.74) is 2.06. The number of hydrogen-bond acceptors (Lipinski definition) is 4. The van der Waals surface area contributed by atoms with E-state index in [0.717, 1.165) is 4.88 Å². The third kappa shape index (κ3) is 1.35. The van der Waals surface area contributed by atoms with Gasteiger partial charge >= 0.3 is 5.97 Å². The monoisotopic (exact) mass is 197 g/mol. The zero-order chi connectivity index (χ0) is 9.42. The molecule has 0 radical (unpaired) electrons. The first-order chi connectivity index (χ1) is 6.18. The normalized spacial score (nSPS) is 21.2. The smallest absolute Gasteiger partial charge is 0.307 e. The molecule has 1 aliphatic rings. The predicted octanol–water partition coefficient (Wildman–Crippen LogP) is 0.973. The lowest BCUT2D eigenvalue weighted by Gasteiger charge is -2.15. The standard InChI is InChI=1S/C8H7NO3S/c10-5-1-4(8(11)12)2-6-7(5)9-3-13-6/h3-4H,1-2H2,(H,11,12). The summed E-state index contributed by atoms with van der Waals surface area (Å²) in [5, 5.41) is 8.75. The number of carbonyl (C=O) groups excluding carboxylic acids is 1. The summed E-state index contributed by atoms with van der Waals surface area (Å²) in [6, 6.07) is 0. The van der Waals surface area contributed by atoms with Crippen LogP contribution in [0.15, 0.2) is 5.51 Å². The number of aromatic nitrogens is 1. The van der Waals surface area contributed by atoms with Gasteiger partial charge < -0.3 is 5.11 Å². The summed E-state index contributed by atoms with van der Waals surface area (Å²) in [6.45, 7) is 0. The highest BCUT2D eigenvalue weighted by atomic mass is 32.1. The Kier molecular flexibility index (Phi) is 1.88. The number of ketones is 1. The van der Waals surface area contributed by atoms with Gasteiger partial charge in [-0.2, -0.15) is 0 Å². The summed E-state index contributed by atoms with van der Waals surface area (Å²) in [6.07, 6.45) is 0.535. The molecule has 0 spiro atoms. The van der Waals surface area contributed by atoms with Crippen LogP contribution >= 0.6 is 11.3 Å². The number of Topliss-reactive ketones (excluding diaryl/α,β-unsaturated/α-hetero) is 1. The summed E-state index contributed by atoms with van der Waals surface area (Å²) < 4.78 is 0. The highest BCUT2D eigenvalue weighted by Crippen LogP contribution is 2.27. The van der Waals surface area contributed by atoms with Crippen LogP contribution < -0.4 is 0 Å². The van der Waals surface area contributed by atoms with Gasteiger partial charge in [-0.3, -0.25) is 9.59 Å². The van der Waals surface area contributed by atoms with Crippen molar-refractivity contribution in [1.29, 1.82) is 0 Å². The van der Waals surface area contributed by atoms with Gasteiger partial charge in [0.05, 0.1) is 11.4 Å². The molecule has 5 heteroatoms. The second-order valence-electron chi connectivity index (χ2n) is 2.99. The van der Waals surface area contributed by atoms with Crippen molar-refractivity contribution < 1.29 is 14.7 Å². The van der Waals surface area contributed by atoms with Crippen LogP contribution in [0.3, 0.4) is 0 Å². The number of carbonyl (C=O) groups is 2. The molecule has 1 heterocycles. The number of nitrogens with zero attached hydrogens (tertiary/aromatic N) is 1. The Morgan fingerprint density at radius 3 is 3.08 bits per heavy atom. The lowest BCUT2D eigenvalue weighted by molar-refractivity contribution is -0.141. The fourth-order valence-electron chi connectivity index (χ4n) is 1.43. The molecule has 1 unspecified atom stereocenters. The Bertz CT molecular complexity index is 371. The maximum atomic E-state index is 11.3. The van der Waals surface area contributed by atoms with Gasteiger partial charge in [0.25, 0.3) is 0 Å². The van der Waals surface area contributed by atoms with Crippen molar-refractivity contribution in [1.82, 2.24) is 4.98 Å². The molecule has 0 saturated carbocycles. The van der Waals surface area contributed by atoms with E-state index >= 15 is 0 Å². The average Bonchev–Trinajstić information content (AvgIpc) is 2.51. The zero-order valence-corrected chi connectivity index (χ0v) is 7.50. The van der Waals surface area contributed by atoms with Crippen LogP contribution in [-0.4, -0.2) is 21.8 Å². The minimum Gasteiger partial charge on any atom is -0.481 e. The molecule has 68 valence electrons. The van der Waals surface area contributed by atoms with Crippen LogP contribution in [0.5, 0.6) is 0 Å². The van der Waals surface area contributed by atoms with Crippen LogP contribution in [0.4, 0.5) is 0 Å². The van der Waals surface area contributed by atoms with Crippen molar-refractivity contribution in [3.8, 4) is 0 Å². The Balaban J connectivity index is 2.34. The molecule has 0 amide bonds. The number of fused-ring (bicyclic) bond motifs is 1. The molecular formula is C8H7NO3S. The van der Waals surface area contributed by atoms with Gasteiger partial charge in [-0.05, 0) is 6.42 Å². The average molecular weight is 197 g/mol. The van der Waals surface area contributed by atoms with E-state index in [4.69, 9.17) is 5.11 Å². The number of aliphatic carboxylic acids is 1. The van der Waals surface area contributed by atoms with E-state index in [1.165, 1.54) is 11.3 Å². The summed E-state index contributed by atoms with van der Waals surface area (Å²) in [5.74, 6) is -1.59. The van der Waals surface area contributed by atoms with Gasteiger partial charge in [0.15, 0.2) is 5.78 Å². The highest BCUT2D eigenvalue weighted by Gasteiger charge is 2.31.